The van der Waals surface area contributed by atoms with Gasteiger partial charge in [-0.05, 0) is 43.1 Å². The van der Waals surface area contributed by atoms with Crippen molar-refractivity contribution in [3.63, 3.8) is 0 Å². The summed E-state index contributed by atoms with van der Waals surface area (Å²) >= 11 is 0. The predicted octanol–water partition coefficient (Wildman–Crippen LogP) is 5.17. The third-order valence-corrected chi connectivity index (χ3v) is 2.67. The van der Waals surface area contributed by atoms with E-state index in [1.165, 1.54) is 16.7 Å². The molecule has 0 aromatic heterocycles. The van der Waals surface area contributed by atoms with E-state index in [1.54, 1.807) is 0 Å². The summed E-state index contributed by atoms with van der Waals surface area (Å²) in [7, 11) is 0. The van der Waals surface area contributed by atoms with E-state index in [0.29, 0.717) is 0 Å². The van der Waals surface area contributed by atoms with E-state index in [9.17, 15) is 0 Å². The Morgan fingerprint density at radius 2 is 1.76 bits per heavy atom. The van der Waals surface area contributed by atoms with Crippen LogP contribution >= 0.6 is 0 Å². The van der Waals surface area contributed by atoms with Gasteiger partial charge in [0.25, 0.3) is 0 Å². The normalized spacial score (nSPS) is 13.1. The van der Waals surface area contributed by atoms with Crippen molar-refractivity contribution in [1.82, 2.24) is 0 Å². The molecule has 0 aliphatic rings. The monoisotopic (exact) mass is 224 g/mol. The van der Waals surface area contributed by atoms with Crippen LogP contribution in [0.25, 0.3) is 5.57 Å². The van der Waals surface area contributed by atoms with E-state index in [0.717, 1.165) is 5.57 Å². The molecule has 0 N–H and O–H groups in total. The van der Waals surface area contributed by atoms with Gasteiger partial charge in [-0.3, -0.25) is 0 Å². The lowest BCUT2D eigenvalue weighted by atomic mass is 10.0. The Morgan fingerprint density at radius 1 is 1.12 bits per heavy atom. The lowest BCUT2D eigenvalue weighted by Crippen LogP contribution is -1.83. The van der Waals surface area contributed by atoms with Gasteiger partial charge in [-0.15, -0.1) is 0 Å². The fraction of sp³-hybridized carbons (Fsp3) is 0.176. The summed E-state index contributed by atoms with van der Waals surface area (Å²) in [5, 5.41) is 0. The van der Waals surface area contributed by atoms with E-state index in [4.69, 9.17) is 0 Å². The Balaban J connectivity index is 2.86. The van der Waals surface area contributed by atoms with Gasteiger partial charge in [0.1, 0.15) is 0 Å². The minimum atomic E-state index is 1.06. The molecule has 0 fully saturated rings. The van der Waals surface area contributed by atoms with Crippen LogP contribution in [-0.4, -0.2) is 0 Å². The first-order valence-electron chi connectivity index (χ1n) is 5.87. The molecule has 1 aromatic rings. The molecule has 88 valence electrons. The summed E-state index contributed by atoms with van der Waals surface area (Å²) in [5.41, 5.74) is 4.74. The van der Waals surface area contributed by atoms with Crippen LogP contribution in [0.5, 0.6) is 0 Å². The second-order valence-corrected chi connectivity index (χ2v) is 4.09. The summed E-state index contributed by atoms with van der Waals surface area (Å²) in [4.78, 5) is 0. The number of rotatable bonds is 4. The first kappa shape index (κ1) is 13.2. The van der Waals surface area contributed by atoms with Crippen molar-refractivity contribution in [2.45, 2.75) is 20.8 Å². The highest BCUT2D eigenvalue weighted by molar-refractivity contribution is 5.67. The van der Waals surface area contributed by atoms with Gasteiger partial charge in [-0.25, -0.2) is 0 Å². The lowest BCUT2D eigenvalue weighted by molar-refractivity contribution is 1.43. The molecule has 0 saturated heterocycles. The zero-order valence-corrected chi connectivity index (χ0v) is 10.9. The standard InChI is InChI=1S/C17H20/c1-5-6-10-14(2)15(3)13-16(4)17-11-8-7-9-12-17/h5-13H,3H2,1-2,4H3. The summed E-state index contributed by atoms with van der Waals surface area (Å²) in [6.45, 7) is 10.3. The van der Waals surface area contributed by atoms with Gasteiger partial charge in [0, 0.05) is 0 Å². The minimum absolute atomic E-state index is 1.06. The van der Waals surface area contributed by atoms with Crippen LogP contribution in [0.4, 0.5) is 0 Å². The van der Waals surface area contributed by atoms with Crippen molar-refractivity contribution < 1.29 is 0 Å². The molecule has 0 bridgehead atoms. The van der Waals surface area contributed by atoms with Crippen LogP contribution in [0.3, 0.4) is 0 Å². The van der Waals surface area contributed by atoms with Crippen molar-refractivity contribution in [1.29, 1.82) is 0 Å². The fourth-order valence-corrected chi connectivity index (χ4v) is 1.51. The molecule has 0 spiro atoms. The molecule has 0 nitrogen and oxygen atoms in total. The Hall–Kier alpha value is -1.82. The number of allylic oxidation sites excluding steroid dienone is 7. The topological polar surface area (TPSA) is 0 Å². The van der Waals surface area contributed by atoms with Crippen molar-refractivity contribution in [3.8, 4) is 0 Å². The van der Waals surface area contributed by atoms with Crippen LogP contribution in [0, 0.1) is 0 Å². The van der Waals surface area contributed by atoms with Crippen molar-refractivity contribution in [2.24, 2.45) is 0 Å². The van der Waals surface area contributed by atoms with E-state index >= 15 is 0 Å². The average Bonchev–Trinajstić information content (AvgIpc) is 2.36. The molecular formula is C17H20. The molecule has 0 saturated carbocycles. The SMILES string of the molecule is C=C(C=C(C)c1ccccc1)C(C)=CC=CC. The molecule has 1 aromatic carbocycles. The maximum Gasteiger partial charge on any atom is -0.0227 e. The Labute approximate surface area is 105 Å². The molecular weight excluding hydrogens is 204 g/mol. The summed E-state index contributed by atoms with van der Waals surface area (Å²) in [6.07, 6.45) is 8.26. The zero-order valence-electron chi connectivity index (χ0n) is 10.9. The molecule has 17 heavy (non-hydrogen) atoms. The van der Waals surface area contributed by atoms with E-state index in [1.807, 2.05) is 25.1 Å². The Morgan fingerprint density at radius 3 is 2.35 bits per heavy atom. The second kappa shape index (κ2) is 6.70. The van der Waals surface area contributed by atoms with Crippen molar-refractivity contribution in [2.75, 3.05) is 0 Å². The second-order valence-electron chi connectivity index (χ2n) is 4.09. The molecule has 0 heteroatoms. The quantitative estimate of drug-likeness (QED) is 0.619. The molecule has 0 radical (unpaired) electrons. The fourth-order valence-electron chi connectivity index (χ4n) is 1.51. The molecule has 0 aliphatic carbocycles. The summed E-state index contributed by atoms with van der Waals surface area (Å²) in [5.74, 6) is 0. The molecule has 0 heterocycles. The van der Waals surface area contributed by atoms with Gasteiger partial charge in [0.05, 0.1) is 0 Å². The lowest BCUT2D eigenvalue weighted by Gasteiger charge is -2.04. The van der Waals surface area contributed by atoms with Crippen molar-refractivity contribution in [3.05, 3.63) is 77.9 Å². The molecule has 0 atom stereocenters. The molecule has 0 aliphatic heterocycles. The Bertz CT molecular complexity index is 456. The van der Waals surface area contributed by atoms with Crippen LogP contribution in [0.15, 0.2) is 72.4 Å². The molecule has 0 unspecified atom stereocenters. The van der Waals surface area contributed by atoms with Gasteiger partial charge >= 0.3 is 0 Å². The number of benzene rings is 1. The average molecular weight is 224 g/mol. The molecule has 1 rings (SSSR count). The maximum absolute atomic E-state index is 4.09. The highest BCUT2D eigenvalue weighted by Gasteiger charge is 1.96. The smallest absolute Gasteiger partial charge is 0.0227 e. The summed E-state index contributed by atoms with van der Waals surface area (Å²) in [6, 6.07) is 10.4. The third-order valence-electron chi connectivity index (χ3n) is 2.67. The van der Waals surface area contributed by atoms with E-state index < -0.39 is 0 Å². The number of hydrogen-bond donors (Lipinski definition) is 0. The van der Waals surface area contributed by atoms with Gasteiger partial charge in [0.2, 0.25) is 0 Å². The predicted molar refractivity (Wildman–Crippen MR) is 77.8 cm³/mol. The van der Waals surface area contributed by atoms with E-state index in [-0.39, 0.29) is 0 Å². The van der Waals surface area contributed by atoms with Gasteiger partial charge in [-0.1, -0.05) is 61.2 Å². The van der Waals surface area contributed by atoms with Crippen LogP contribution in [-0.2, 0) is 0 Å². The van der Waals surface area contributed by atoms with Gasteiger partial charge in [0.15, 0.2) is 0 Å². The van der Waals surface area contributed by atoms with Crippen LogP contribution < -0.4 is 0 Å². The maximum atomic E-state index is 4.09. The van der Waals surface area contributed by atoms with E-state index in [2.05, 4.69) is 56.8 Å². The third kappa shape index (κ3) is 4.28. The zero-order chi connectivity index (χ0) is 12.7. The van der Waals surface area contributed by atoms with Gasteiger partial charge < -0.3 is 0 Å². The van der Waals surface area contributed by atoms with Crippen molar-refractivity contribution >= 4 is 5.57 Å². The molecule has 0 amide bonds. The highest BCUT2D eigenvalue weighted by atomic mass is 14.0. The number of hydrogen-bond acceptors (Lipinski definition) is 0. The first-order chi connectivity index (χ1) is 8.15. The van der Waals surface area contributed by atoms with Crippen LogP contribution in [0.2, 0.25) is 0 Å². The summed E-state index contributed by atoms with van der Waals surface area (Å²) < 4.78 is 0. The Kier molecular flexibility index (Phi) is 5.22. The first-order valence-corrected chi connectivity index (χ1v) is 5.87. The van der Waals surface area contributed by atoms with Crippen LogP contribution in [0.1, 0.15) is 26.3 Å². The van der Waals surface area contributed by atoms with Gasteiger partial charge in [-0.2, -0.15) is 0 Å². The highest BCUT2D eigenvalue weighted by Crippen LogP contribution is 2.18. The minimum Gasteiger partial charge on any atom is -0.0915 e. The largest absolute Gasteiger partial charge is 0.0915 e.